The lowest BCUT2D eigenvalue weighted by Gasteiger charge is -2.17. The van der Waals surface area contributed by atoms with Crippen LogP contribution in [0, 0.1) is 0 Å². The maximum atomic E-state index is 13.2. The minimum atomic E-state index is -6.41. The number of methoxy groups -OCH3 is 1. The molecule has 0 amide bonds. The molecule has 1 aromatic heterocycles. The van der Waals surface area contributed by atoms with Crippen molar-refractivity contribution in [1.29, 1.82) is 0 Å². The summed E-state index contributed by atoms with van der Waals surface area (Å²) in [6.45, 7) is 0. The van der Waals surface area contributed by atoms with Crippen LogP contribution in [0.3, 0.4) is 0 Å². The molecule has 1 rings (SSSR count). The van der Waals surface area contributed by atoms with E-state index in [1.54, 1.807) is 0 Å². The van der Waals surface area contributed by atoms with E-state index in [2.05, 4.69) is 8.92 Å². The second-order valence-electron chi connectivity index (χ2n) is 3.85. The number of alkyl halides is 8. The zero-order valence-corrected chi connectivity index (χ0v) is 12.6. The minimum Gasteiger partial charge on any atom is -0.465 e. The number of halogens is 8. The molecule has 0 unspecified atom stereocenters. The Labute approximate surface area is 131 Å². The van der Waals surface area contributed by atoms with Crippen molar-refractivity contribution in [2.45, 2.75) is 17.6 Å². The van der Waals surface area contributed by atoms with Crippen LogP contribution in [0.2, 0.25) is 0 Å². The zero-order valence-electron chi connectivity index (χ0n) is 11.0. The fourth-order valence-electron chi connectivity index (χ4n) is 1.13. The lowest BCUT2D eigenvalue weighted by Crippen LogP contribution is -2.32. The predicted molar refractivity (Wildman–Crippen MR) is 61.2 cm³/mol. The molecule has 0 fully saturated rings. The summed E-state index contributed by atoms with van der Waals surface area (Å²) >= 11 is -0.624. The molecule has 15 heteroatoms. The molecule has 0 aliphatic rings. The molecule has 0 N–H and O–H groups in total. The number of rotatable bonds is 4. The fourth-order valence-corrected chi connectivity index (χ4v) is 2.64. The van der Waals surface area contributed by atoms with Crippen molar-refractivity contribution in [3.63, 3.8) is 0 Å². The summed E-state index contributed by atoms with van der Waals surface area (Å²) in [6, 6.07) is -0.326. The largest absolute Gasteiger partial charge is 0.534 e. The standard InChI is InChI=1S/C9H4F8O5S2/c1-21-6(18)5-3(22-24(19,20)9(15,16)17)2-4(23-5)7(10,11)8(12,13)14/h2H,1H3. The van der Waals surface area contributed by atoms with E-state index in [0.717, 1.165) is 0 Å². The van der Waals surface area contributed by atoms with Crippen molar-refractivity contribution in [3.05, 3.63) is 15.8 Å². The number of carbonyl (C=O) groups excluding carboxylic acids is 1. The molecule has 0 saturated carbocycles. The highest BCUT2D eigenvalue weighted by molar-refractivity contribution is 7.88. The van der Waals surface area contributed by atoms with Gasteiger partial charge >= 0.3 is 33.7 Å². The average Bonchev–Trinajstić information content (AvgIpc) is 2.78. The molecule has 0 radical (unpaired) electrons. The van der Waals surface area contributed by atoms with Gasteiger partial charge in [-0.15, -0.1) is 11.3 Å². The number of hydrogen-bond acceptors (Lipinski definition) is 6. The van der Waals surface area contributed by atoms with Gasteiger partial charge in [0.15, 0.2) is 10.6 Å². The number of hydrogen-bond donors (Lipinski definition) is 0. The summed E-state index contributed by atoms with van der Waals surface area (Å²) in [5, 5.41) is 0. The molecule has 0 aromatic carbocycles. The number of thiophene rings is 1. The highest BCUT2D eigenvalue weighted by atomic mass is 32.2. The first kappa shape index (κ1) is 20.4. The minimum absolute atomic E-state index is 0.326. The third-order valence-electron chi connectivity index (χ3n) is 2.22. The maximum Gasteiger partial charge on any atom is 0.534 e. The fraction of sp³-hybridized carbons (Fsp3) is 0.444. The number of esters is 1. The Morgan fingerprint density at radius 3 is 1.96 bits per heavy atom. The van der Waals surface area contributed by atoms with E-state index in [1.807, 2.05) is 0 Å². The third kappa shape index (κ3) is 3.71. The predicted octanol–water partition coefficient (Wildman–Crippen LogP) is 3.42. The van der Waals surface area contributed by atoms with E-state index in [4.69, 9.17) is 0 Å². The molecule has 1 aromatic rings. The summed E-state index contributed by atoms with van der Waals surface area (Å²) in [6.07, 6.45) is -6.15. The van der Waals surface area contributed by atoms with E-state index in [9.17, 15) is 48.3 Å². The van der Waals surface area contributed by atoms with Gasteiger partial charge in [0.25, 0.3) is 0 Å². The number of carbonyl (C=O) groups is 1. The van der Waals surface area contributed by atoms with Gasteiger partial charge in [-0.2, -0.15) is 43.5 Å². The summed E-state index contributed by atoms with van der Waals surface area (Å²) in [5.74, 6) is -8.90. The van der Waals surface area contributed by atoms with Crippen LogP contribution in [-0.2, 0) is 20.8 Å². The van der Waals surface area contributed by atoms with Gasteiger partial charge in [0.2, 0.25) is 0 Å². The van der Waals surface area contributed by atoms with E-state index in [0.29, 0.717) is 7.11 Å². The van der Waals surface area contributed by atoms with Crippen LogP contribution < -0.4 is 4.18 Å². The van der Waals surface area contributed by atoms with Crippen molar-refractivity contribution in [2.75, 3.05) is 7.11 Å². The van der Waals surface area contributed by atoms with Crippen molar-refractivity contribution in [2.24, 2.45) is 0 Å². The smallest absolute Gasteiger partial charge is 0.465 e. The first-order chi connectivity index (χ1) is 10.5. The van der Waals surface area contributed by atoms with Gasteiger partial charge in [0, 0.05) is 6.07 Å². The van der Waals surface area contributed by atoms with Gasteiger partial charge < -0.3 is 8.92 Å². The molecule has 0 aliphatic heterocycles. The summed E-state index contributed by atoms with van der Waals surface area (Å²) in [4.78, 5) is 7.99. The quantitative estimate of drug-likeness (QED) is 0.331. The normalized spacial score (nSPS) is 13.7. The van der Waals surface area contributed by atoms with E-state index < -0.39 is 60.5 Å². The van der Waals surface area contributed by atoms with Gasteiger partial charge in [-0.1, -0.05) is 0 Å². The summed E-state index contributed by atoms with van der Waals surface area (Å²) < 4.78 is 129. The lowest BCUT2D eigenvalue weighted by molar-refractivity contribution is -0.287. The molecule has 0 aliphatic carbocycles. The van der Waals surface area contributed by atoms with Gasteiger partial charge in [0.05, 0.1) is 12.0 Å². The second kappa shape index (κ2) is 6.02. The molecular formula is C9H4F8O5S2. The second-order valence-corrected chi connectivity index (χ2v) is 6.44. The molecule has 0 spiro atoms. The van der Waals surface area contributed by atoms with Crippen molar-refractivity contribution in [3.8, 4) is 5.75 Å². The zero-order chi connectivity index (χ0) is 19.1. The van der Waals surface area contributed by atoms with Crippen LogP contribution in [0.4, 0.5) is 35.1 Å². The van der Waals surface area contributed by atoms with Crippen LogP contribution >= 0.6 is 11.3 Å². The maximum absolute atomic E-state index is 13.2. The summed E-state index contributed by atoms with van der Waals surface area (Å²) in [7, 11) is -5.78. The SMILES string of the molecule is COC(=O)c1sc(C(F)(F)C(F)(F)F)cc1OS(=O)(=O)C(F)(F)F. The Balaban J connectivity index is 3.49. The van der Waals surface area contributed by atoms with Crippen molar-refractivity contribution in [1.82, 2.24) is 0 Å². The Hall–Kier alpha value is -1.64. The van der Waals surface area contributed by atoms with E-state index in [-0.39, 0.29) is 6.07 Å². The van der Waals surface area contributed by atoms with Gasteiger partial charge in [-0.25, -0.2) is 4.79 Å². The average molecular weight is 408 g/mol. The van der Waals surface area contributed by atoms with Crippen LogP contribution in [0.25, 0.3) is 0 Å². The Bertz CT molecular complexity index is 730. The molecule has 138 valence electrons. The molecule has 0 saturated heterocycles. The van der Waals surface area contributed by atoms with Crippen LogP contribution in [0.1, 0.15) is 14.5 Å². The Morgan fingerprint density at radius 2 is 1.58 bits per heavy atom. The van der Waals surface area contributed by atoms with Gasteiger partial charge in [-0.3, -0.25) is 0 Å². The first-order valence-corrected chi connectivity index (χ1v) is 7.45. The monoisotopic (exact) mass is 408 g/mol. The molecule has 0 atom stereocenters. The van der Waals surface area contributed by atoms with Crippen molar-refractivity contribution >= 4 is 27.4 Å². The molecule has 1 heterocycles. The molecule has 0 bridgehead atoms. The topological polar surface area (TPSA) is 69.7 Å². The third-order valence-corrected chi connectivity index (χ3v) is 4.35. The first-order valence-electron chi connectivity index (χ1n) is 5.22. The molecule has 24 heavy (non-hydrogen) atoms. The molecular weight excluding hydrogens is 404 g/mol. The Morgan fingerprint density at radius 1 is 1.08 bits per heavy atom. The number of ether oxygens (including phenoxy) is 1. The van der Waals surface area contributed by atoms with Crippen molar-refractivity contribution < 1.29 is 57.3 Å². The highest BCUT2D eigenvalue weighted by Crippen LogP contribution is 2.49. The van der Waals surface area contributed by atoms with Gasteiger partial charge in [0.1, 0.15) is 0 Å². The molecule has 5 nitrogen and oxygen atoms in total. The van der Waals surface area contributed by atoms with Gasteiger partial charge in [-0.05, 0) is 0 Å². The lowest BCUT2D eigenvalue weighted by atomic mass is 10.2. The Kier molecular flexibility index (Phi) is 5.12. The summed E-state index contributed by atoms with van der Waals surface area (Å²) in [5.41, 5.74) is -6.00. The van der Waals surface area contributed by atoms with Crippen LogP contribution in [0.5, 0.6) is 5.75 Å². The van der Waals surface area contributed by atoms with E-state index >= 15 is 0 Å². The van der Waals surface area contributed by atoms with Crippen LogP contribution in [-0.4, -0.2) is 33.2 Å². The highest BCUT2D eigenvalue weighted by Gasteiger charge is 2.60. The van der Waals surface area contributed by atoms with E-state index in [1.165, 1.54) is 0 Å². The van der Waals surface area contributed by atoms with Crippen LogP contribution in [0.15, 0.2) is 6.07 Å².